The smallest absolute Gasteiger partial charge is 0.338 e. The van der Waals surface area contributed by atoms with Crippen LogP contribution in [0.25, 0.3) is 11.0 Å². The number of aromatic amines is 1. The van der Waals surface area contributed by atoms with Gasteiger partial charge in [0, 0.05) is 26.2 Å². The Balaban J connectivity index is 2.30. The predicted octanol–water partition coefficient (Wildman–Crippen LogP) is 1.98. The van der Waals surface area contributed by atoms with Crippen molar-refractivity contribution in [3.8, 4) is 0 Å². The standard InChI is InChI=1S/C12H13FN2O3/c1-18-4-2-3-11-14-9-5-7(12(16)17)8(13)6-10(9)15-11/h5-6H,2-4H2,1H3,(H,14,15)(H,16,17). The summed E-state index contributed by atoms with van der Waals surface area (Å²) in [5.74, 6) is -1.36. The topological polar surface area (TPSA) is 75.2 Å². The van der Waals surface area contributed by atoms with E-state index in [4.69, 9.17) is 9.84 Å². The minimum atomic E-state index is -1.29. The summed E-state index contributed by atoms with van der Waals surface area (Å²) in [5, 5.41) is 8.81. The quantitative estimate of drug-likeness (QED) is 0.798. The summed E-state index contributed by atoms with van der Waals surface area (Å²) in [4.78, 5) is 18.0. The molecule has 6 heteroatoms. The molecule has 0 aliphatic rings. The molecule has 0 amide bonds. The second-order valence-corrected chi connectivity index (χ2v) is 3.93. The lowest BCUT2D eigenvalue weighted by Gasteiger charge is -1.96. The zero-order chi connectivity index (χ0) is 13.1. The fraction of sp³-hybridized carbons (Fsp3) is 0.333. The first kappa shape index (κ1) is 12.5. The second kappa shape index (κ2) is 5.14. The van der Waals surface area contributed by atoms with Crippen LogP contribution in [0.5, 0.6) is 0 Å². The van der Waals surface area contributed by atoms with Gasteiger partial charge < -0.3 is 14.8 Å². The van der Waals surface area contributed by atoms with Crippen LogP contribution in [0.3, 0.4) is 0 Å². The van der Waals surface area contributed by atoms with Gasteiger partial charge in [0.25, 0.3) is 0 Å². The van der Waals surface area contributed by atoms with E-state index in [2.05, 4.69) is 9.97 Å². The number of carbonyl (C=O) groups is 1. The van der Waals surface area contributed by atoms with Gasteiger partial charge in [0.15, 0.2) is 0 Å². The zero-order valence-corrected chi connectivity index (χ0v) is 9.86. The van der Waals surface area contributed by atoms with E-state index in [1.165, 1.54) is 6.07 Å². The minimum absolute atomic E-state index is 0.363. The highest BCUT2D eigenvalue weighted by atomic mass is 19.1. The molecule has 0 radical (unpaired) electrons. The third kappa shape index (κ3) is 2.48. The van der Waals surface area contributed by atoms with E-state index in [-0.39, 0.29) is 5.56 Å². The van der Waals surface area contributed by atoms with Crippen LogP contribution < -0.4 is 0 Å². The van der Waals surface area contributed by atoms with Gasteiger partial charge in [0.2, 0.25) is 0 Å². The molecule has 0 saturated carbocycles. The van der Waals surface area contributed by atoms with Crippen LogP contribution in [0.1, 0.15) is 22.6 Å². The van der Waals surface area contributed by atoms with E-state index in [1.807, 2.05) is 0 Å². The van der Waals surface area contributed by atoms with Crippen molar-refractivity contribution in [2.75, 3.05) is 13.7 Å². The number of nitrogens with zero attached hydrogens (tertiary/aromatic N) is 1. The molecule has 1 aromatic carbocycles. The van der Waals surface area contributed by atoms with E-state index in [1.54, 1.807) is 7.11 Å². The molecule has 2 aromatic rings. The Kier molecular flexibility index (Phi) is 3.57. The highest BCUT2D eigenvalue weighted by Crippen LogP contribution is 2.18. The average Bonchev–Trinajstić information content (AvgIpc) is 2.69. The highest BCUT2D eigenvalue weighted by Gasteiger charge is 2.13. The highest BCUT2D eigenvalue weighted by molar-refractivity contribution is 5.92. The summed E-state index contributed by atoms with van der Waals surface area (Å²) in [7, 11) is 1.62. The number of nitrogens with one attached hydrogen (secondary N) is 1. The van der Waals surface area contributed by atoms with Crippen LogP contribution >= 0.6 is 0 Å². The molecule has 1 aromatic heterocycles. The minimum Gasteiger partial charge on any atom is -0.478 e. The number of ether oxygens (including phenoxy) is 1. The first-order valence-corrected chi connectivity index (χ1v) is 5.52. The maximum Gasteiger partial charge on any atom is 0.338 e. The maximum atomic E-state index is 13.4. The first-order valence-electron chi connectivity index (χ1n) is 5.52. The van der Waals surface area contributed by atoms with Crippen LogP contribution in [-0.2, 0) is 11.2 Å². The Hall–Kier alpha value is -1.95. The lowest BCUT2D eigenvalue weighted by Crippen LogP contribution is -1.99. The van der Waals surface area contributed by atoms with Crippen molar-refractivity contribution in [1.82, 2.24) is 9.97 Å². The number of aryl methyl sites for hydroxylation is 1. The monoisotopic (exact) mass is 252 g/mol. The molecular formula is C12H13FN2O3. The number of hydrogen-bond donors (Lipinski definition) is 2. The number of H-pyrrole nitrogens is 1. The average molecular weight is 252 g/mol. The van der Waals surface area contributed by atoms with Gasteiger partial charge in [0.05, 0.1) is 16.6 Å². The molecule has 96 valence electrons. The van der Waals surface area contributed by atoms with Crippen LogP contribution in [0, 0.1) is 5.82 Å². The Morgan fingerprint density at radius 3 is 3.00 bits per heavy atom. The SMILES string of the molecule is COCCCc1nc2cc(C(=O)O)c(F)cc2[nH]1. The summed E-state index contributed by atoms with van der Waals surface area (Å²) in [5.41, 5.74) is 0.601. The van der Waals surface area contributed by atoms with Gasteiger partial charge in [-0.3, -0.25) is 0 Å². The van der Waals surface area contributed by atoms with Crippen LogP contribution in [0.4, 0.5) is 4.39 Å². The Morgan fingerprint density at radius 2 is 2.33 bits per heavy atom. The van der Waals surface area contributed by atoms with Crippen LogP contribution in [0.15, 0.2) is 12.1 Å². The normalized spacial score (nSPS) is 11.0. The van der Waals surface area contributed by atoms with Gasteiger partial charge >= 0.3 is 5.97 Å². The van der Waals surface area contributed by atoms with E-state index < -0.39 is 11.8 Å². The number of imidazole rings is 1. The Labute approximate surface area is 103 Å². The second-order valence-electron chi connectivity index (χ2n) is 3.93. The van der Waals surface area contributed by atoms with Gasteiger partial charge in [-0.05, 0) is 12.5 Å². The third-order valence-electron chi connectivity index (χ3n) is 2.61. The summed E-state index contributed by atoms with van der Waals surface area (Å²) in [6.07, 6.45) is 1.47. The molecule has 0 bridgehead atoms. The van der Waals surface area contributed by atoms with Gasteiger partial charge in [0.1, 0.15) is 11.6 Å². The summed E-state index contributed by atoms with van der Waals surface area (Å²) in [6.45, 7) is 0.617. The number of aromatic carboxylic acids is 1. The molecule has 2 rings (SSSR count). The number of fused-ring (bicyclic) bond motifs is 1. The van der Waals surface area contributed by atoms with Crippen molar-refractivity contribution in [1.29, 1.82) is 0 Å². The van der Waals surface area contributed by atoms with E-state index >= 15 is 0 Å². The fourth-order valence-electron chi connectivity index (χ4n) is 1.75. The number of methoxy groups -OCH3 is 1. The molecule has 18 heavy (non-hydrogen) atoms. The molecule has 0 aliphatic carbocycles. The van der Waals surface area contributed by atoms with Gasteiger partial charge in [-0.25, -0.2) is 14.2 Å². The van der Waals surface area contributed by atoms with Crippen LogP contribution in [0.2, 0.25) is 0 Å². The van der Waals surface area contributed by atoms with E-state index in [0.717, 1.165) is 12.5 Å². The number of hydrogen-bond acceptors (Lipinski definition) is 3. The molecule has 0 saturated heterocycles. The van der Waals surface area contributed by atoms with Crippen molar-refractivity contribution in [3.05, 3.63) is 29.3 Å². The van der Waals surface area contributed by atoms with Crippen LogP contribution in [-0.4, -0.2) is 34.8 Å². The summed E-state index contributed by atoms with van der Waals surface area (Å²) < 4.78 is 18.4. The molecule has 0 unspecified atom stereocenters. The molecule has 5 nitrogen and oxygen atoms in total. The van der Waals surface area contributed by atoms with Crippen molar-refractivity contribution in [3.63, 3.8) is 0 Å². The number of carboxylic acid groups (broad SMARTS) is 1. The fourth-order valence-corrected chi connectivity index (χ4v) is 1.75. The zero-order valence-electron chi connectivity index (χ0n) is 9.86. The van der Waals surface area contributed by atoms with Crippen molar-refractivity contribution in [2.24, 2.45) is 0 Å². The lowest BCUT2D eigenvalue weighted by atomic mass is 10.2. The number of halogens is 1. The number of rotatable bonds is 5. The molecule has 0 fully saturated rings. The van der Waals surface area contributed by atoms with Gasteiger partial charge in [-0.15, -0.1) is 0 Å². The maximum absolute atomic E-state index is 13.4. The third-order valence-corrected chi connectivity index (χ3v) is 2.61. The van der Waals surface area contributed by atoms with Gasteiger partial charge in [-0.2, -0.15) is 0 Å². The Morgan fingerprint density at radius 1 is 1.56 bits per heavy atom. The number of carboxylic acids is 1. The van der Waals surface area contributed by atoms with E-state index in [9.17, 15) is 9.18 Å². The van der Waals surface area contributed by atoms with E-state index in [0.29, 0.717) is 29.9 Å². The predicted molar refractivity (Wildman–Crippen MR) is 63.2 cm³/mol. The molecule has 0 spiro atoms. The molecule has 0 aliphatic heterocycles. The Bertz CT molecular complexity index is 580. The number of benzene rings is 1. The van der Waals surface area contributed by atoms with Crippen molar-refractivity contribution < 1.29 is 19.0 Å². The summed E-state index contributed by atoms with van der Waals surface area (Å²) in [6, 6.07) is 2.40. The molecule has 0 atom stereocenters. The molecular weight excluding hydrogens is 239 g/mol. The van der Waals surface area contributed by atoms with Crippen molar-refractivity contribution >= 4 is 17.0 Å². The molecule has 1 heterocycles. The van der Waals surface area contributed by atoms with Gasteiger partial charge in [-0.1, -0.05) is 0 Å². The van der Waals surface area contributed by atoms with Crippen molar-refractivity contribution in [2.45, 2.75) is 12.8 Å². The molecule has 2 N–H and O–H groups in total. The lowest BCUT2D eigenvalue weighted by molar-refractivity contribution is 0.0692. The first-order chi connectivity index (χ1) is 8.61. The number of aromatic nitrogens is 2. The largest absolute Gasteiger partial charge is 0.478 e. The summed E-state index contributed by atoms with van der Waals surface area (Å²) >= 11 is 0.